The summed E-state index contributed by atoms with van der Waals surface area (Å²) in [4.78, 5) is 0. The molecular formula is C11H8N2. The Morgan fingerprint density at radius 2 is 1.92 bits per heavy atom. The first-order valence-electron chi connectivity index (χ1n) is 3.89. The molecule has 1 aromatic rings. The van der Waals surface area contributed by atoms with Gasteiger partial charge in [0.1, 0.15) is 0 Å². The van der Waals surface area contributed by atoms with E-state index >= 15 is 0 Å². The topological polar surface area (TPSA) is 47.6 Å². The predicted octanol–water partition coefficient (Wildman–Crippen LogP) is 2.51. The quantitative estimate of drug-likeness (QED) is 0.637. The van der Waals surface area contributed by atoms with Crippen molar-refractivity contribution in [1.82, 2.24) is 0 Å². The van der Waals surface area contributed by atoms with Crippen LogP contribution in [-0.4, -0.2) is 0 Å². The molecule has 0 spiro atoms. The van der Waals surface area contributed by atoms with Crippen LogP contribution in [0.15, 0.2) is 35.9 Å². The lowest BCUT2D eigenvalue weighted by Gasteiger charge is -1.92. The third-order valence-electron chi connectivity index (χ3n) is 1.55. The van der Waals surface area contributed by atoms with Gasteiger partial charge in [-0.3, -0.25) is 0 Å². The van der Waals surface area contributed by atoms with Crippen molar-refractivity contribution < 1.29 is 0 Å². The van der Waals surface area contributed by atoms with Gasteiger partial charge in [0.25, 0.3) is 0 Å². The summed E-state index contributed by atoms with van der Waals surface area (Å²) < 4.78 is 0. The zero-order valence-electron chi connectivity index (χ0n) is 7.07. The average molecular weight is 168 g/mol. The van der Waals surface area contributed by atoms with Crippen LogP contribution in [0.5, 0.6) is 0 Å². The fourth-order valence-corrected chi connectivity index (χ4v) is 0.958. The summed E-state index contributed by atoms with van der Waals surface area (Å²) in [6.45, 7) is 0. The van der Waals surface area contributed by atoms with Gasteiger partial charge in [-0.05, 0) is 11.6 Å². The summed E-state index contributed by atoms with van der Waals surface area (Å²) in [6, 6.07) is 13.4. The minimum absolute atomic E-state index is 0.172. The molecule has 0 aliphatic rings. The van der Waals surface area contributed by atoms with Crippen LogP contribution in [0.4, 0.5) is 0 Å². The molecule has 62 valence electrons. The van der Waals surface area contributed by atoms with Crippen molar-refractivity contribution in [2.24, 2.45) is 0 Å². The molecule has 2 heteroatoms. The van der Waals surface area contributed by atoms with E-state index < -0.39 is 0 Å². The zero-order chi connectivity index (χ0) is 9.52. The number of benzene rings is 1. The molecular weight excluding hydrogens is 160 g/mol. The van der Waals surface area contributed by atoms with Gasteiger partial charge in [-0.2, -0.15) is 10.5 Å². The first kappa shape index (κ1) is 9.03. The minimum atomic E-state index is 0.172. The van der Waals surface area contributed by atoms with Gasteiger partial charge in [0.05, 0.1) is 18.6 Å². The van der Waals surface area contributed by atoms with E-state index in [4.69, 9.17) is 10.5 Å². The molecule has 0 saturated carbocycles. The first-order valence-corrected chi connectivity index (χ1v) is 3.89. The van der Waals surface area contributed by atoms with Crippen LogP contribution in [0, 0.1) is 22.7 Å². The standard InChI is InChI=1S/C11H8N2/c12-7-6-11(9-13)8-10-4-2-1-3-5-10/h1-5,8H,6H2/b11-8+. The van der Waals surface area contributed by atoms with Gasteiger partial charge in [0, 0.05) is 5.57 Å². The van der Waals surface area contributed by atoms with E-state index in [1.807, 2.05) is 42.5 Å². The Balaban J connectivity index is 2.88. The maximum Gasteiger partial charge on any atom is 0.0958 e. The summed E-state index contributed by atoms with van der Waals surface area (Å²) in [5.41, 5.74) is 1.45. The van der Waals surface area contributed by atoms with Crippen LogP contribution in [0.25, 0.3) is 6.08 Å². The van der Waals surface area contributed by atoms with Gasteiger partial charge >= 0.3 is 0 Å². The Morgan fingerprint density at radius 1 is 1.23 bits per heavy atom. The van der Waals surface area contributed by atoms with Gasteiger partial charge < -0.3 is 0 Å². The molecule has 0 amide bonds. The van der Waals surface area contributed by atoms with Crippen LogP contribution >= 0.6 is 0 Å². The molecule has 0 fully saturated rings. The van der Waals surface area contributed by atoms with Crippen molar-refractivity contribution in [3.8, 4) is 12.1 Å². The molecule has 0 bridgehead atoms. The second kappa shape index (κ2) is 4.74. The first-order chi connectivity index (χ1) is 6.36. The van der Waals surface area contributed by atoms with Crippen LogP contribution in [0.1, 0.15) is 12.0 Å². The van der Waals surface area contributed by atoms with Gasteiger partial charge in [0.2, 0.25) is 0 Å². The normalized spacial score (nSPS) is 10.2. The monoisotopic (exact) mass is 168 g/mol. The van der Waals surface area contributed by atoms with Crippen molar-refractivity contribution in [2.45, 2.75) is 6.42 Å². The number of allylic oxidation sites excluding steroid dienone is 1. The Morgan fingerprint density at radius 3 is 2.46 bits per heavy atom. The summed E-state index contributed by atoms with van der Waals surface area (Å²) in [5.74, 6) is 0. The summed E-state index contributed by atoms with van der Waals surface area (Å²) in [5, 5.41) is 17.1. The second-order valence-corrected chi connectivity index (χ2v) is 2.53. The molecule has 2 nitrogen and oxygen atoms in total. The number of rotatable bonds is 2. The highest BCUT2D eigenvalue weighted by Crippen LogP contribution is 2.07. The molecule has 0 atom stereocenters. The van der Waals surface area contributed by atoms with Crippen molar-refractivity contribution in [1.29, 1.82) is 10.5 Å². The average Bonchev–Trinajstić information content (AvgIpc) is 2.19. The van der Waals surface area contributed by atoms with Gasteiger partial charge in [-0.15, -0.1) is 0 Å². The zero-order valence-corrected chi connectivity index (χ0v) is 7.07. The maximum atomic E-state index is 8.65. The molecule has 0 aliphatic carbocycles. The minimum Gasteiger partial charge on any atom is -0.198 e. The number of hydrogen-bond acceptors (Lipinski definition) is 2. The Hall–Kier alpha value is -2.06. The molecule has 13 heavy (non-hydrogen) atoms. The van der Waals surface area contributed by atoms with E-state index in [1.165, 1.54) is 0 Å². The lowest BCUT2D eigenvalue weighted by atomic mass is 10.1. The predicted molar refractivity (Wildman–Crippen MR) is 50.3 cm³/mol. The number of hydrogen-bond donors (Lipinski definition) is 0. The van der Waals surface area contributed by atoms with E-state index in [9.17, 15) is 0 Å². The molecule has 1 aromatic carbocycles. The van der Waals surface area contributed by atoms with Gasteiger partial charge in [-0.1, -0.05) is 30.3 Å². The van der Waals surface area contributed by atoms with E-state index in [-0.39, 0.29) is 6.42 Å². The highest BCUT2D eigenvalue weighted by molar-refractivity contribution is 5.57. The van der Waals surface area contributed by atoms with Gasteiger partial charge in [0.15, 0.2) is 0 Å². The van der Waals surface area contributed by atoms with E-state index in [0.29, 0.717) is 5.57 Å². The summed E-state index contributed by atoms with van der Waals surface area (Å²) in [6.07, 6.45) is 1.90. The van der Waals surface area contributed by atoms with E-state index in [2.05, 4.69) is 0 Å². The summed E-state index contributed by atoms with van der Waals surface area (Å²) in [7, 11) is 0. The fraction of sp³-hybridized carbons (Fsp3) is 0.0909. The van der Waals surface area contributed by atoms with Crippen LogP contribution in [0.2, 0.25) is 0 Å². The van der Waals surface area contributed by atoms with E-state index in [0.717, 1.165) is 5.56 Å². The van der Waals surface area contributed by atoms with Gasteiger partial charge in [-0.25, -0.2) is 0 Å². The van der Waals surface area contributed by atoms with E-state index in [1.54, 1.807) is 6.08 Å². The molecule has 0 unspecified atom stereocenters. The second-order valence-electron chi connectivity index (χ2n) is 2.53. The summed E-state index contributed by atoms with van der Waals surface area (Å²) >= 11 is 0. The van der Waals surface area contributed by atoms with Crippen molar-refractivity contribution >= 4 is 6.08 Å². The molecule has 0 aliphatic heterocycles. The highest BCUT2D eigenvalue weighted by Gasteiger charge is 1.93. The molecule has 0 saturated heterocycles. The molecule has 0 radical (unpaired) electrons. The molecule has 0 N–H and O–H groups in total. The Bertz CT molecular complexity index is 377. The molecule has 0 aromatic heterocycles. The lowest BCUT2D eigenvalue weighted by Crippen LogP contribution is -1.77. The van der Waals surface area contributed by atoms with Crippen molar-refractivity contribution in [2.75, 3.05) is 0 Å². The maximum absolute atomic E-state index is 8.65. The highest BCUT2D eigenvalue weighted by atomic mass is 14.3. The molecule has 1 rings (SSSR count). The largest absolute Gasteiger partial charge is 0.198 e. The van der Waals surface area contributed by atoms with Crippen LogP contribution in [-0.2, 0) is 0 Å². The fourth-order valence-electron chi connectivity index (χ4n) is 0.958. The van der Waals surface area contributed by atoms with Crippen molar-refractivity contribution in [3.05, 3.63) is 41.5 Å². The smallest absolute Gasteiger partial charge is 0.0958 e. The van der Waals surface area contributed by atoms with Crippen LogP contribution in [0.3, 0.4) is 0 Å². The third-order valence-corrected chi connectivity index (χ3v) is 1.55. The number of nitrogens with zero attached hydrogens (tertiary/aromatic N) is 2. The van der Waals surface area contributed by atoms with Crippen molar-refractivity contribution in [3.63, 3.8) is 0 Å². The Kier molecular flexibility index (Phi) is 3.30. The Labute approximate surface area is 77.4 Å². The third kappa shape index (κ3) is 2.81. The SMILES string of the molecule is N#CC/C(C#N)=C\c1ccccc1. The number of nitriles is 2. The van der Waals surface area contributed by atoms with Crippen LogP contribution < -0.4 is 0 Å². The molecule has 0 heterocycles. The lowest BCUT2D eigenvalue weighted by molar-refractivity contribution is 1.28.